The van der Waals surface area contributed by atoms with E-state index >= 15 is 0 Å². The van der Waals surface area contributed by atoms with Gasteiger partial charge in [-0.3, -0.25) is 0 Å². The fourth-order valence-electron chi connectivity index (χ4n) is 2.11. The molecule has 21 heavy (non-hydrogen) atoms. The van der Waals surface area contributed by atoms with Gasteiger partial charge >= 0.3 is 6.16 Å². The van der Waals surface area contributed by atoms with E-state index < -0.39 is 6.16 Å². The molecule has 3 N–H and O–H groups in total. The molecule has 0 aliphatic carbocycles. The molecule has 0 unspecified atom stereocenters. The third-order valence-electron chi connectivity index (χ3n) is 3.01. The van der Waals surface area contributed by atoms with Gasteiger partial charge in [-0.15, -0.1) is 0 Å². The summed E-state index contributed by atoms with van der Waals surface area (Å²) in [5.41, 5.74) is 3.70. The number of phenolic OH excluding ortho intramolecular Hbond substituents is 1. The van der Waals surface area contributed by atoms with E-state index in [-0.39, 0.29) is 0 Å². The minimum atomic E-state index is -1.83. The zero-order chi connectivity index (χ0) is 15.7. The number of carboxylic acid groups (broad SMARTS) is 2. The number of para-hydroxylation sites is 1. The van der Waals surface area contributed by atoms with Crippen molar-refractivity contribution >= 4 is 6.16 Å². The highest BCUT2D eigenvalue weighted by molar-refractivity contribution is 5.53. The fraction of sp³-hybridized carbons (Fsp3) is 0.235. The molecule has 4 heteroatoms. The van der Waals surface area contributed by atoms with Gasteiger partial charge in [-0.25, -0.2) is 4.79 Å². The minimum absolute atomic E-state index is 0.388. The van der Waals surface area contributed by atoms with Crippen LogP contribution in [0.5, 0.6) is 5.75 Å². The molecule has 0 amide bonds. The third kappa shape index (κ3) is 5.99. The van der Waals surface area contributed by atoms with Crippen LogP contribution in [-0.4, -0.2) is 21.5 Å². The quantitative estimate of drug-likeness (QED) is 0.789. The average Bonchev–Trinajstić information content (AvgIpc) is 2.43. The Kier molecular flexibility index (Phi) is 6.81. The second-order valence-corrected chi connectivity index (χ2v) is 4.61. The SMILES string of the molecule is CCCc1ccccc1Cc1ccccc1O.O=C(O)O. The number of aromatic hydroxyl groups is 1. The monoisotopic (exact) mass is 288 g/mol. The molecule has 0 fully saturated rings. The highest BCUT2D eigenvalue weighted by Crippen LogP contribution is 2.22. The van der Waals surface area contributed by atoms with Crippen LogP contribution in [0.1, 0.15) is 30.0 Å². The summed E-state index contributed by atoms with van der Waals surface area (Å²) in [6.45, 7) is 2.19. The molecule has 0 aliphatic rings. The first kappa shape index (κ1) is 16.6. The van der Waals surface area contributed by atoms with E-state index in [0.29, 0.717) is 5.75 Å². The Balaban J connectivity index is 0.000000491. The Bertz CT molecular complexity index is 575. The predicted octanol–water partition coefficient (Wildman–Crippen LogP) is 4.16. The summed E-state index contributed by atoms with van der Waals surface area (Å²) in [4.78, 5) is 8.56. The van der Waals surface area contributed by atoms with E-state index in [1.54, 1.807) is 6.07 Å². The molecule has 0 spiro atoms. The molecule has 2 aromatic carbocycles. The second-order valence-electron chi connectivity index (χ2n) is 4.61. The largest absolute Gasteiger partial charge is 0.508 e. The predicted molar refractivity (Wildman–Crippen MR) is 82.0 cm³/mol. The topological polar surface area (TPSA) is 77.8 Å². The Morgan fingerprint density at radius 3 is 1.90 bits per heavy atom. The minimum Gasteiger partial charge on any atom is -0.508 e. The molecule has 2 rings (SSSR count). The number of aryl methyl sites for hydroxylation is 1. The van der Waals surface area contributed by atoms with Crippen LogP contribution in [0.25, 0.3) is 0 Å². The van der Waals surface area contributed by atoms with Crippen LogP contribution in [0, 0.1) is 0 Å². The van der Waals surface area contributed by atoms with Crippen LogP contribution in [-0.2, 0) is 12.8 Å². The Hall–Kier alpha value is -2.49. The molecule has 112 valence electrons. The van der Waals surface area contributed by atoms with Gasteiger partial charge in [0.2, 0.25) is 0 Å². The van der Waals surface area contributed by atoms with Crippen molar-refractivity contribution in [3.05, 3.63) is 65.2 Å². The first-order valence-electron chi connectivity index (χ1n) is 6.80. The molecule has 0 saturated carbocycles. The van der Waals surface area contributed by atoms with Crippen LogP contribution in [0.2, 0.25) is 0 Å². The van der Waals surface area contributed by atoms with Gasteiger partial charge in [-0.1, -0.05) is 55.8 Å². The number of hydrogen-bond acceptors (Lipinski definition) is 2. The summed E-state index contributed by atoms with van der Waals surface area (Å²) < 4.78 is 0. The van der Waals surface area contributed by atoms with Crippen molar-refractivity contribution in [3.8, 4) is 5.75 Å². The lowest BCUT2D eigenvalue weighted by Gasteiger charge is -2.09. The molecular weight excluding hydrogens is 268 g/mol. The molecule has 0 aromatic heterocycles. The van der Waals surface area contributed by atoms with Crippen molar-refractivity contribution in [2.24, 2.45) is 0 Å². The average molecular weight is 288 g/mol. The maximum absolute atomic E-state index is 9.79. The first-order chi connectivity index (χ1) is 10.0. The summed E-state index contributed by atoms with van der Waals surface area (Å²) in [6, 6.07) is 16.0. The summed E-state index contributed by atoms with van der Waals surface area (Å²) >= 11 is 0. The Labute approximate surface area is 124 Å². The lowest BCUT2D eigenvalue weighted by molar-refractivity contribution is 0.137. The summed E-state index contributed by atoms with van der Waals surface area (Å²) in [7, 11) is 0. The lowest BCUT2D eigenvalue weighted by atomic mass is 9.97. The number of phenols is 1. The van der Waals surface area contributed by atoms with E-state index in [0.717, 1.165) is 24.8 Å². The number of rotatable bonds is 4. The second kappa shape index (κ2) is 8.64. The molecule has 0 heterocycles. The van der Waals surface area contributed by atoms with Crippen LogP contribution in [0.4, 0.5) is 4.79 Å². The summed E-state index contributed by atoms with van der Waals surface area (Å²) in [5, 5.41) is 23.7. The van der Waals surface area contributed by atoms with Crippen molar-refractivity contribution in [1.82, 2.24) is 0 Å². The zero-order valence-electron chi connectivity index (χ0n) is 12.0. The third-order valence-corrected chi connectivity index (χ3v) is 3.01. The smallest absolute Gasteiger partial charge is 0.503 e. The standard InChI is InChI=1S/C16H18O.CH2O3/c1-2-7-13-8-3-4-9-14(13)12-15-10-5-6-11-16(15)17;2-1(3)4/h3-6,8-11,17H,2,7,12H2,1H3;(H2,2,3,4). The van der Waals surface area contributed by atoms with E-state index in [1.807, 2.05) is 18.2 Å². The molecule has 0 aliphatic heterocycles. The summed E-state index contributed by atoms with van der Waals surface area (Å²) in [5.74, 6) is 0.388. The van der Waals surface area contributed by atoms with Gasteiger partial charge in [0, 0.05) is 6.42 Å². The molecule has 0 bridgehead atoms. The van der Waals surface area contributed by atoms with Crippen molar-refractivity contribution in [3.63, 3.8) is 0 Å². The van der Waals surface area contributed by atoms with Gasteiger partial charge in [0.1, 0.15) is 5.75 Å². The van der Waals surface area contributed by atoms with Crippen molar-refractivity contribution < 1.29 is 20.1 Å². The van der Waals surface area contributed by atoms with Gasteiger partial charge in [-0.2, -0.15) is 0 Å². The maximum atomic E-state index is 9.79. The van der Waals surface area contributed by atoms with E-state index in [4.69, 9.17) is 15.0 Å². The number of benzene rings is 2. The zero-order valence-corrected chi connectivity index (χ0v) is 12.0. The normalized spacial score (nSPS) is 9.57. The number of carbonyl (C=O) groups is 1. The molecule has 0 saturated heterocycles. The van der Waals surface area contributed by atoms with Crippen molar-refractivity contribution in [2.45, 2.75) is 26.2 Å². The van der Waals surface area contributed by atoms with E-state index in [9.17, 15) is 5.11 Å². The summed E-state index contributed by atoms with van der Waals surface area (Å²) in [6.07, 6.45) is 1.23. The van der Waals surface area contributed by atoms with Gasteiger partial charge in [-0.05, 0) is 29.2 Å². The Morgan fingerprint density at radius 1 is 0.905 bits per heavy atom. The van der Waals surface area contributed by atoms with Crippen LogP contribution in [0.3, 0.4) is 0 Å². The lowest BCUT2D eigenvalue weighted by Crippen LogP contribution is -1.95. The highest BCUT2D eigenvalue weighted by Gasteiger charge is 2.05. The van der Waals surface area contributed by atoms with Crippen LogP contribution < -0.4 is 0 Å². The maximum Gasteiger partial charge on any atom is 0.503 e. The Morgan fingerprint density at radius 2 is 1.38 bits per heavy atom. The fourth-order valence-corrected chi connectivity index (χ4v) is 2.11. The van der Waals surface area contributed by atoms with E-state index in [1.165, 1.54) is 11.1 Å². The molecule has 0 atom stereocenters. The van der Waals surface area contributed by atoms with Crippen molar-refractivity contribution in [2.75, 3.05) is 0 Å². The van der Waals surface area contributed by atoms with Gasteiger partial charge < -0.3 is 15.3 Å². The first-order valence-corrected chi connectivity index (χ1v) is 6.80. The van der Waals surface area contributed by atoms with Gasteiger partial charge in [0.15, 0.2) is 0 Å². The van der Waals surface area contributed by atoms with Crippen molar-refractivity contribution in [1.29, 1.82) is 0 Å². The molecule has 2 aromatic rings. The molecular formula is C17H20O4. The highest BCUT2D eigenvalue weighted by atomic mass is 16.6. The number of hydrogen-bond donors (Lipinski definition) is 3. The van der Waals surface area contributed by atoms with Gasteiger partial charge in [0.05, 0.1) is 0 Å². The van der Waals surface area contributed by atoms with Gasteiger partial charge in [0.25, 0.3) is 0 Å². The molecule has 0 radical (unpaired) electrons. The van der Waals surface area contributed by atoms with Crippen LogP contribution in [0.15, 0.2) is 48.5 Å². The van der Waals surface area contributed by atoms with Crippen LogP contribution >= 0.6 is 0 Å². The molecule has 4 nitrogen and oxygen atoms in total. The van der Waals surface area contributed by atoms with E-state index in [2.05, 4.69) is 31.2 Å².